The summed E-state index contributed by atoms with van der Waals surface area (Å²) in [4.78, 5) is 21.0. The molecule has 0 saturated carbocycles. The van der Waals surface area contributed by atoms with Gasteiger partial charge in [0.2, 0.25) is 5.88 Å². The van der Waals surface area contributed by atoms with Crippen molar-refractivity contribution in [2.24, 2.45) is 0 Å². The van der Waals surface area contributed by atoms with Gasteiger partial charge in [-0.05, 0) is 57.1 Å². The zero-order chi connectivity index (χ0) is 23.3. The molecule has 0 N–H and O–H groups in total. The summed E-state index contributed by atoms with van der Waals surface area (Å²) in [6, 6.07) is 6.93. The van der Waals surface area contributed by atoms with E-state index in [1.54, 1.807) is 42.9 Å². The van der Waals surface area contributed by atoms with Crippen LogP contribution >= 0.6 is 0 Å². The van der Waals surface area contributed by atoms with Crippen molar-refractivity contribution >= 4 is 14.3 Å². The minimum absolute atomic E-state index is 0.0354. The molecule has 2 aromatic heterocycles. The lowest BCUT2D eigenvalue weighted by atomic mass is 10.2. The molecule has 0 amide bonds. The molecule has 0 aromatic carbocycles. The Morgan fingerprint density at radius 3 is 2.16 bits per heavy atom. The molecule has 0 fully saturated rings. The summed E-state index contributed by atoms with van der Waals surface area (Å²) < 4.78 is 23.4. The molecule has 0 aliphatic rings. The molecule has 0 bridgehead atoms. The van der Waals surface area contributed by atoms with E-state index < -0.39 is 26.0 Å². The van der Waals surface area contributed by atoms with E-state index in [2.05, 4.69) is 43.8 Å². The first-order valence-corrected chi connectivity index (χ1v) is 13.2. The van der Waals surface area contributed by atoms with Gasteiger partial charge >= 0.3 is 5.97 Å². The van der Waals surface area contributed by atoms with E-state index in [9.17, 15) is 4.79 Å². The monoisotopic (exact) mass is 446 g/mol. The minimum Gasteiger partial charge on any atom is -0.489 e. The Kier molecular flexibility index (Phi) is 7.83. The Morgan fingerprint density at radius 1 is 1.00 bits per heavy atom. The third-order valence-corrected chi connectivity index (χ3v) is 9.38. The summed E-state index contributed by atoms with van der Waals surface area (Å²) in [5.41, 5.74) is -0.611. The molecule has 1 atom stereocenters. The maximum Gasteiger partial charge on any atom is 0.338 e. The number of esters is 1. The lowest BCUT2D eigenvalue weighted by Crippen LogP contribution is -2.49. The van der Waals surface area contributed by atoms with Crippen LogP contribution in [0.25, 0.3) is 0 Å². The van der Waals surface area contributed by atoms with Gasteiger partial charge in [0.05, 0.1) is 6.20 Å². The maximum absolute atomic E-state index is 12.8. The molecule has 170 valence electrons. The van der Waals surface area contributed by atoms with E-state index in [1.807, 2.05) is 20.8 Å². The molecule has 1 unspecified atom stereocenters. The van der Waals surface area contributed by atoms with Crippen LogP contribution in [0.4, 0.5) is 0 Å². The van der Waals surface area contributed by atoms with Crippen LogP contribution in [0.1, 0.15) is 41.5 Å². The van der Waals surface area contributed by atoms with Gasteiger partial charge in [-0.1, -0.05) is 20.8 Å². The second-order valence-corrected chi connectivity index (χ2v) is 14.6. The van der Waals surface area contributed by atoms with E-state index in [0.717, 1.165) is 0 Å². The van der Waals surface area contributed by atoms with E-state index in [4.69, 9.17) is 18.6 Å². The van der Waals surface area contributed by atoms with Crippen LogP contribution in [-0.2, 0) is 14.0 Å². The molecule has 2 heterocycles. The minimum atomic E-state index is -2.22. The molecule has 7 nitrogen and oxygen atoms in total. The summed E-state index contributed by atoms with van der Waals surface area (Å²) in [7, 11) is -2.22. The molecule has 0 saturated heterocycles. The van der Waals surface area contributed by atoms with Gasteiger partial charge in [0.1, 0.15) is 23.7 Å². The Bertz CT molecular complexity index is 843. The van der Waals surface area contributed by atoms with Crippen molar-refractivity contribution < 1.29 is 23.4 Å². The first kappa shape index (κ1) is 24.8. The fourth-order valence-corrected chi connectivity index (χ4v) is 3.49. The first-order chi connectivity index (χ1) is 14.3. The van der Waals surface area contributed by atoms with Crippen molar-refractivity contribution in [3.05, 3.63) is 42.9 Å². The Morgan fingerprint density at radius 2 is 1.65 bits per heavy atom. The summed E-state index contributed by atoms with van der Waals surface area (Å²) in [6.07, 6.45) is 4.01. The van der Waals surface area contributed by atoms with Crippen LogP contribution in [0.3, 0.4) is 0 Å². The topological polar surface area (TPSA) is 79.8 Å². The number of pyridine rings is 2. The smallest absolute Gasteiger partial charge is 0.338 e. The van der Waals surface area contributed by atoms with Crippen LogP contribution in [0.2, 0.25) is 18.1 Å². The van der Waals surface area contributed by atoms with E-state index in [-0.39, 0.29) is 11.6 Å². The highest BCUT2D eigenvalue weighted by Crippen LogP contribution is 2.37. The standard InChI is InChI=1S/C23H34N2O5Si/c1-22(2,3)29-21(26)19(30-31(7,8)23(4,5)6)16-27-18-9-10-20(25-15-18)28-17-11-13-24-14-12-17/h9-15,19H,16H2,1-8H3. The number of aromatic nitrogens is 2. The van der Waals surface area contributed by atoms with Crippen molar-refractivity contribution in [2.45, 2.75) is 71.4 Å². The molecule has 31 heavy (non-hydrogen) atoms. The number of rotatable bonds is 8. The van der Waals surface area contributed by atoms with Gasteiger partial charge in [0.25, 0.3) is 0 Å². The van der Waals surface area contributed by atoms with Gasteiger partial charge in [0, 0.05) is 18.5 Å². The average molecular weight is 447 g/mol. The van der Waals surface area contributed by atoms with Crippen molar-refractivity contribution in [1.82, 2.24) is 9.97 Å². The fourth-order valence-electron chi connectivity index (χ4n) is 2.26. The summed E-state index contributed by atoms with van der Waals surface area (Å²) >= 11 is 0. The molecule has 2 aromatic rings. The van der Waals surface area contributed by atoms with E-state index in [0.29, 0.717) is 17.4 Å². The van der Waals surface area contributed by atoms with Gasteiger partial charge in [-0.3, -0.25) is 4.98 Å². The predicted octanol–water partition coefficient (Wildman–Crippen LogP) is 5.38. The van der Waals surface area contributed by atoms with Crippen molar-refractivity contribution in [2.75, 3.05) is 6.61 Å². The lowest BCUT2D eigenvalue weighted by molar-refractivity contribution is -0.165. The van der Waals surface area contributed by atoms with Crippen LogP contribution in [0, 0.1) is 0 Å². The Balaban J connectivity index is 2.07. The number of nitrogens with zero attached hydrogens (tertiary/aromatic N) is 2. The van der Waals surface area contributed by atoms with Crippen LogP contribution in [0.5, 0.6) is 17.4 Å². The Hall–Kier alpha value is -2.45. The van der Waals surface area contributed by atoms with Crippen molar-refractivity contribution in [3.8, 4) is 17.4 Å². The molecular formula is C23H34N2O5Si. The highest BCUT2D eigenvalue weighted by molar-refractivity contribution is 6.74. The second-order valence-electron chi connectivity index (χ2n) is 9.83. The number of hydrogen-bond donors (Lipinski definition) is 0. The van der Waals surface area contributed by atoms with Gasteiger partial charge in [-0.25, -0.2) is 9.78 Å². The third-order valence-electron chi connectivity index (χ3n) is 4.90. The normalized spacial score (nSPS) is 13.4. The van der Waals surface area contributed by atoms with Gasteiger partial charge in [-0.15, -0.1) is 0 Å². The predicted molar refractivity (Wildman–Crippen MR) is 122 cm³/mol. The fraction of sp³-hybridized carbons (Fsp3) is 0.522. The molecular weight excluding hydrogens is 412 g/mol. The number of ether oxygens (including phenoxy) is 3. The van der Waals surface area contributed by atoms with Gasteiger partial charge in [0.15, 0.2) is 14.4 Å². The summed E-state index contributed by atoms with van der Waals surface area (Å²) in [5.74, 6) is 1.15. The summed E-state index contributed by atoms with van der Waals surface area (Å²) in [5, 5.41) is -0.0548. The maximum atomic E-state index is 12.8. The first-order valence-electron chi connectivity index (χ1n) is 10.3. The highest BCUT2D eigenvalue weighted by atomic mass is 28.4. The molecule has 0 radical (unpaired) electrons. The number of carbonyl (C=O) groups is 1. The molecule has 0 spiro atoms. The largest absolute Gasteiger partial charge is 0.489 e. The zero-order valence-electron chi connectivity index (χ0n) is 19.8. The van der Waals surface area contributed by atoms with Gasteiger partial charge in [-0.2, -0.15) is 0 Å². The average Bonchev–Trinajstić information content (AvgIpc) is 2.64. The van der Waals surface area contributed by atoms with Crippen LogP contribution < -0.4 is 9.47 Å². The number of carbonyl (C=O) groups excluding carboxylic acids is 1. The quantitative estimate of drug-likeness (QED) is 0.398. The lowest BCUT2D eigenvalue weighted by Gasteiger charge is -2.38. The van der Waals surface area contributed by atoms with E-state index in [1.165, 1.54) is 0 Å². The molecule has 0 aliphatic heterocycles. The number of hydrogen-bond acceptors (Lipinski definition) is 7. The second kappa shape index (κ2) is 9.78. The van der Waals surface area contributed by atoms with Crippen molar-refractivity contribution in [1.29, 1.82) is 0 Å². The third kappa shape index (κ3) is 7.95. The zero-order valence-corrected chi connectivity index (χ0v) is 20.8. The van der Waals surface area contributed by atoms with E-state index >= 15 is 0 Å². The van der Waals surface area contributed by atoms with Crippen LogP contribution in [-0.4, -0.2) is 42.6 Å². The SMILES string of the molecule is CC(C)(C)OC(=O)C(COc1ccc(Oc2ccncc2)nc1)O[Si](C)(C)C(C)(C)C. The highest BCUT2D eigenvalue weighted by Gasteiger charge is 2.42. The summed E-state index contributed by atoms with van der Waals surface area (Å²) in [6.45, 7) is 16.1. The van der Waals surface area contributed by atoms with Gasteiger partial charge < -0.3 is 18.6 Å². The Labute approximate surface area is 186 Å². The van der Waals surface area contributed by atoms with Crippen molar-refractivity contribution in [3.63, 3.8) is 0 Å². The van der Waals surface area contributed by atoms with Crippen LogP contribution in [0.15, 0.2) is 42.9 Å². The molecule has 8 heteroatoms. The molecule has 0 aliphatic carbocycles. The molecule has 2 rings (SSSR count).